The summed E-state index contributed by atoms with van der Waals surface area (Å²) in [5, 5.41) is 7.65. The van der Waals surface area contributed by atoms with Gasteiger partial charge in [-0.3, -0.25) is 9.59 Å². The van der Waals surface area contributed by atoms with Crippen molar-refractivity contribution in [3.8, 4) is 22.7 Å². The van der Waals surface area contributed by atoms with Gasteiger partial charge in [-0.25, -0.2) is 4.68 Å². The largest absolute Gasteiger partial charge is 0.496 e. The number of ether oxygens (including phenoxy) is 1. The zero-order valence-corrected chi connectivity index (χ0v) is 18.5. The standard InChI is InChI=1S/C25H28N4O3/c1-3-26-24(30)18-10-9-15-28(16-18)25(31)21-17-29(19-11-5-4-6-12-19)27-23(21)20-13-7-8-14-22(20)32-2/h4-8,11-14,17-18H,3,9-10,15-16H2,1-2H3,(H,26,30). The normalized spacial score (nSPS) is 15.9. The maximum atomic E-state index is 13.7. The SMILES string of the molecule is CCNC(=O)C1CCCN(C(=O)c2cn(-c3ccccc3)nc2-c2ccccc2OC)C1. The molecule has 0 aliphatic carbocycles. The minimum absolute atomic E-state index is 0.00920. The molecule has 1 fully saturated rings. The molecule has 3 aromatic rings. The van der Waals surface area contributed by atoms with Crippen LogP contribution in [0.5, 0.6) is 5.75 Å². The minimum Gasteiger partial charge on any atom is -0.496 e. The zero-order chi connectivity index (χ0) is 22.5. The van der Waals surface area contributed by atoms with Crippen molar-refractivity contribution in [3.63, 3.8) is 0 Å². The van der Waals surface area contributed by atoms with Crippen LogP contribution in [0.25, 0.3) is 16.9 Å². The van der Waals surface area contributed by atoms with Crippen LogP contribution in [0.1, 0.15) is 30.1 Å². The van der Waals surface area contributed by atoms with Crippen molar-refractivity contribution < 1.29 is 14.3 Å². The van der Waals surface area contributed by atoms with Crippen LogP contribution in [0.3, 0.4) is 0 Å². The predicted molar refractivity (Wildman–Crippen MR) is 123 cm³/mol. The van der Waals surface area contributed by atoms with Gasteiger partial charge < -0.3 is 15.0 Å². The van der Waals surface area contributed by atoms with Gasteiger partial charge in [-0.15, -0.1) is 0 Å². The van der Waals surface area contributed by atoms with Crippen molar-refractivity contribution in [1.29, 1.82) is 0 Å². The lowest BCUT2D eigenvalue weighted by molar-refractivity contribution is -0.126. The highest BCUT2D eigenvalue weighted by Crippen LogP contribution is 2.33. The first-order chi connectivity index (χ1) is 15.6. The molecule has 2 amide bonds. The van der Waals surface area contributed by atoms with Crippen molar-refractivity contribution in [2.45, 2.75) is 19.8 Å². The van der Waals surface area contributed by atoms with Gasteiger partial charge in [0.25, 0.3) is 5.91 Å². The zero-order valence-electron chi connectivity index (χ0n) is 18.5. The molecule has 1 unspecified atom stereocenters. The number of benzene rings is 2. The Morgan fingerprint density at radius 1 is 1.12 bits per heavy atom. The molecule has 0 spiro atoms. The number of nitrogens with one attached hydrogen (secondary N) is 1. The van der Waals surface area contributed by atoms with Crippen molar-refractivity contribution in [2.24, 2.45) is 5.92 Å². The number of rotatable bonds is 6. The number of likely N-dealkylation sites (tertiary alicyclic amines) is 1. The van der Waals surface area contributed by atoms with Crippen LogP contribution in [0, 0.1) is 5.92 Å². The number of piperidine rings is 1. The summed E-state index contributed by atoms with van der Waals surface area (Å²) < 4.78 is 7.27. The number of carbonyl (C=O) groups is 2. The third-order valence-corrected chi connectivity index (χ3v) is 5.76. The van der Waals surface area contributed by atoms with Crippen LogP contribution < -0.4 is 10.1 Å². The third-order valence-electron chi connectivity index (χ3n) is 5.76. The van der Waals surface area contributed by atoms with Crippen LogP contribution in [-0.2, 0) is 4.79 Å². The Hall–Kier alpha value is -3.61. The van der Waals surface area contributed by atoms with Crippen LogP contribution in [0.2, 0.25) is 0 Å². The molecule has 1 aliphatic rings. The summed E-state index contributed by atoms with van der Waals surface area (Å²) in [5.74, 6) is 0.349. The van der Waals surface area contributed by atoms with Gasteiger partial charge in [0, 0.05) is 31.4 Å². The molecule has 1 aromatic heterocycles. The van der Waals surface area contributed by atoms with E-state index in [1.54, 1.807) is 22.9 Å². The fraction of sp³-hybridized carbons (Fsp3) is 0.320. The lowest BCUT2D eigenvalue weighted by Crippen LogP contribution is -2.45. The summed E-state index contributed by atoms with van der Waals surface area (Å²) in [5.41, 5.74) is 2.68. The number of amides is 2. The molecule has 32 heavy (non-hydrogen) atoms. The first-order valence-corrected chi connectivity index (χ1v) is 11.0. The highest BCUT2D eigenvalue weighted by molar-refractivity contribution is 6.01. The fourth-order valence-electron chi connectivity index (χ4n) is 4.15. The molecule has 7 heteroatoms. The second-order valence-corrected chi connectivity index (χ2v) is 7.86. The van der Waals surface area contributed by atoms with Crippen LogP contribution in [0.15, 0.2) is 60.8 Å². The van der Waals surface area contributed by atoms with Gasteiger partial charge >= 0.3 is 0 Å². The van der Waals surface area contributed by atoms with Gasteiger partial charge in [-0.1, -0.05) is 30.3 Å². The number of nitrogens with zero attached hydrogens (tertiary/aromatic N) is 3. The number of hydrogen-bond acceptors (Lipinski definition) is 4. The number of aromatic nitrogens is 2. The maximum Gasteiger partial charge on any atom is 0.257 e. The van der Waals surface area contributed by atoms with Crippen molar-refractivity contribution in [3.05, 3.63) is 66.4 Å². The lowest BCUT2D eigenvalue weighted by Gasteiger charge is -2.32. The molecule has 0 saturated carbocycles. The summed E-state index contributed by atoms with van der Waals surface area (Å²) in [6, 6.07) is 17.2. The number of para-hydroxylation sites is 2. The third kappa shape index (κ3) is 4.37. The highest BCUT2D eigenvalue weighted by Gasteiger charge is 2.31. The Balaban J connectivity index is 1.73. The molecule has 1 saturated heterocycles. The lowest BCUT2D eigenvalue weighted by atomic mass is 9.96. The molecular weight excluding hydrogens is 404 g/mol. The van der Waals surface area contributed by atoms with E-state index in [0.29, 0.717) is 36.6 Å². The van der Waals surface area contributed by atoms with Gasteiger partial charge in [-0.2, -0.15) is 5.10 Å². The van der Waals surface area contributed by atoms with Gasteiger partial charge in [0.05, 0.1) is 24.3 Å². The second-order valence-electron chi connectivity index (χ2n) is 7.86. The first kappa shape index (κ1) is 21.6. The summed E-state index contributed by atoms with van der Waals surface area (Å²) in [7, 11) is 1.61. The fourth-order valence-corrected chi connectivity index (χ4v) is 4.15. The summed E-state index contributed by atoms with van der Waals surface area (Å²) in [6.07, 6.45) is 3.36. The molecule has 0 radical (unpaired) electrons. The van der Waals surface area contributed by atoms with E-state index in [0.717, 1.165) is 24.1 Å². The van der Waals surface area contributed by atoms with E-state index >= 15 is 0 Å². The summed E-state index contributed by atoms with van der Waals surface area (Å²) in [4.78, 5) is 27.8. The molecule has 1 aliphatic heterocycles. The Bertz CT molecular complexity index is 1090. The molecule has 0 bridgehead atoms. The van der Waals surface area contributed by atoms with Gasteiger partial charge in [-0.05, 0) is 44.0 Å². The van der Waals surface area contributed by atoms with E-state index < -0.39 is 0 Å². The highest BCUT2D eigenvalue weighted by atomic mass is 16.5. The van der Waals surface area contributed by atoms with E-state index in [1.165, 1.54) is 0 Å². The second kappa shape index (κ2) is 9.68. The predicted octanol–water partition coefficient (Wildman–Crippen LogP) is 3.54. The van der Waals surface area contributed by atoms with Crippen LogP contribution in [-0.4, -0.2) is 53.2 Å². The number of methoxy groups -OCH3 is 1. The first-order valence-electron chi connectivity index (χ1n) is 11.0. The Morgan fingerprint density at radius 2 is 1.88 bits per heavy atom. The van der Waals surface area contributed by atoms with E-state index in [4.69, 9.17) is 9.84 Å². The van der Waals surface area contributed by atoms with Crippen molar-refractivity contribution in [2.75, 3.05) is 26.7 Å². The Morgan fingerprint density at radius 3 is 2.62 bits per heavy atom. The monoisotopic (exact) mass is 432 g/mol. The number of hydrogen-bond donors (Lipinski definition) is 1. The van der Waals surface area contributed by atoms with Crippen molar-refractivity contribution in [1.82, 2.24) is 20.0 Å². The average molecular weight is 433 g/mol. The van der Waals surface area contributed by atoms with Gasteiger partial charge in [0.2, 0.25) is 5.91 Å². The molecule has 1 atom stereocenters. The topological polar surface area (TPSA) is 76.5 Å². The molecule has 4 rings (SSSR count). The smallest absolute Gasteiger partial charge is 0.257 e. The molecule has 166 valence electrons. The quantitative estimate of drug-likeness (QED) is 0.647. The minimum atomic E-state index is -0.188. The Labute approximate surface area is 188 Å². The summed E-state index contributed by atoms with van der Waals surface area (Å²) in [6.45, 7) is 3.52. The molecule has 2 heterocycles. The Kier molecular flexibility index (Phi) is 6.54. The van der Waals surface area contributed by atoms with Crippen LogP contribution >= 0.6 is 0 Å². The van der Waals surface area contributed by atoms with Gasteiger partial charge in [0.15, 0.2) is 0 Å². The van der Waals surface area contributed by atoms with Crippen molar-refractivity contribution >= 4 is 11.8 Å². The summed E-state index contributed by atoms with van der Waals surface area (Å²) >= 11 is 0. The maximum absolute atomic E-state index is 13.7. The molecule has 7 nitrogen and oxygen atoms in total. The number of carbonyl (C=O) groups excluding carboxylic acids is 2. The molecular formula is C25H28N4O3. The van der Waals surface area contributed by atoms with E-state index in [-0.39, 0.29) is 17.7 Å². The average Bonchev–Trinajstić information content (AvgIpc) is 3.29. The van der Waals surface area contributed by atoms with Gasteiger partial charge in [0.1, 0.15) is 11.4 Å². The van der Waals surface area contributed by atoms with E-state index in [1.807, 2.05) is 61.5 Å². The van der Waals surface area contributed by atoms with E-state index in [2.05, 4.69) is 5.32 Å². The molecule has 1 N–H and O–H groups in total. The van der Waals surface area contributed by atoms with Crippen LogP contribution in [0.4, 0.5) is 0 Å². The molecule has 2 aromatic carbocycles. The van der Waals surface area contributed by atoms with E-state index in [9.17, 15) is 9.59 Å².